The first kappa shape index (κ1) is 20.8. The zero-order valence-electron chi connectivity index (χ0n) is 17.0. The smallest absolute Gasteiger partial charge is 0.251 e. The van der Waals surface area contributed by atoms with Crippen LogP contribution >= 0.6 is 0 Å². The molecule has 0 saturated carbocycles. The molecule has 0 unspecified atom stereocenters. The van der Waals surface area contributed by atoms with Gasteiger partial charge in [-0.1, -0.05) is 42.0 Å². The van der Waals surface area contributed by atoms with Crippen LogP contribution in [0.4, 0.5) is 0 Å². The minimum absolute atomic E-state index is 0.0868. The van der Waals surface area contributed by atoms with Gasteiger partial charge in [0.05, 0.1) is 0 Å². The van der Waals surface area contributed by atoms with Gasteiger partial charge in [0, 0.05) is 24.2 Å². The Morgan fingerprint density at radius 3 is 2.03 bits per heavy atom. The molecule has 0 fully saturated rings. The molecule has 29 heavy (non-hydrogen) atoms. The summed E-state index contributed by atoms with van der Waals surface area (Å²) in [5.41, 5.74) is 3.89. The standard InChI is InChI=1S/C25H30N2O2/c28-24(26-18-7-12-20-8-3-1-4-9-20)22-13-15-23(16-14-22)25(29)27-19-17-21-10-5-2-6-11-21/h1,3-4,8-10,13-16H,2,5-7,11-12,17-19H2,(H,26,28)(H,27,29). The van der Waals surface area contributed by atoms with Crippen molar-refractivity contribution in [2.75, 3.05) is 13.1 Å². The fourth-order valence-electron chi connectivity index (χ4n) is 3.58. The fraction of sp³-hybridized carbons (Fsp3) is 0.360. The van der Waals surface area contributed by atoms with Gasteiger partial charge >= 0.3 is 0 Å². The molecule has 0 heterocycles. The van der Waals surface area contributed by atoms with Gasteiger partial charge in [0.25, 0.3) is 11.8 Å². The Hall–Kier alpha value is -2.88. The van der Waals surface area contributed by atoms with Crippen molar-refractivity contribution in [2.45, 2.75) is 44.9 Å². The van der Waals surface area contributed by atoms with E-state index in [2.05, 4.69) is 28.8 Å². The van der Waals surface area contributed by atoms with Crippen molar-refractivity contribution in [2.24, 2.45) is 0 Å². The van der Waals surface area contributed by atoms with Gasteiger partial charge in [-0.05, 0) is 74.8 Å². The van der Waals surface area contributed by atoms with E-state index in [1.54, 1.807) is 24.3 Å². The van der Waals surface area contributed by atoms with Crippen LogP contribution in [0.1, 0.15) is 64.8 Å². The molecule has 2 aromatic carbocycles. The van der Waals surface area contributed by atoms with Crippen molar-refractivity contribution in [1.82, 2.24) is 10.6 Å². The monoisotopic (exact) mass is 390 g/mol. The number of carbonyl (C=O) groups is 2. The van der Waals surface area contributed by atoms with Gasteiger partial charge in [0.15, 0.2) is 0 Å². The lowest BCUT2D eigenvalue weighted by Crippen LogP contribution is -2.26. The third-order valence-electron chi connectivity index (χ3n) is 5.30. The largest absolute Gasteiger partial charge is 0.352 e. The lowest BCUT2D eigenvalue weighted by molar-refractivity contribution is 0.0941. The van der Waals surface area contributed by atoms with Crippen LogP contribution in [0.5, 0.6) is 0 Å². The van der Waals surface area contributed by atoms with E-state index in [0.29, 0.717) is 24.2 Å². The van der Waals surface area contributed by atoms with Crippen molar-refractivity contribution in [3.05, 3.63) is 82.9 Å². The molecule has 1 aliphatic rings. The van der Waals surface area contributed by atoms with Crippen molar-refractivity contribution in [1.29, 1.82) is 0 Å². The average molecular weight is 391 g/mol. The SMILES string of the molecule is O=C(NCCCc1ccccc1)c1ccc(C(=O)NCCC2=CCCCC2)cc1. The summed E-state index contributed by atoms with van der Waals surface area (Å²) in [5.74, 6) is -0.189. The highest BCUT2D eigenvalue weighted by Crippen LogP contribution is 2.19. The highest BCUT2D eigenvalue weighted by Gasteiger charge is 2.09. The van der Waals surface area contributed by atoms with Gasteiger partial charge in [-0.15, -0.1) is 0 Å². The zero-order chi connectivity index (χ0) is 20.3. The summed E-state index contributed by atoms with van der Waals surface area (Å²) in [7, 11) is 0. The molecule has 0 aliphatic heterocycles. The van der Waals surface area contributed by atoms with Gasteiger partial charge in [-0.3, -0.25) is 9.59 Å². The fourth-order valence-corrected chi connectivity index (χ4v) is 3.58. The molecule has 0 atom stereocenters. The predicted octanol–water partition coefficient (Wildman–Crippen LogP) is 4.67. The maximum absolute atomic E-state index is 12.3. The zero-order valence-corrected chi connectivity index (χ0v) is 17.0. The van der Waals surface area contributed by atoms with Crippen LogP contribution in [-0.2, 0) is 6.42 Å². The normalized spacial score (nSPS) is 13.4. The first-order valence-corrected chi connectivity index (χ1v) is 10.6. The Bertz CT molecular complexity index is 826. The highest BCUT2D eigenvalue weighted by molar-refractivity contribution is 5.97. The topological polar surface area (TPSA) is 58.2 Å². The number of carbonyl (C=O) groups excluding carboxylic acids is 2. The van der Waals surface area contributed by atoms with Crippen molar-refractivity contribution < 1.29 is 9.59 Å². The molecule has 3 rings (SSSR count). The first-order valence-electron chi connectivity index (χ1n) is 10.6. The summed E-state index contributed by atoms with van der Waals surface area (Å²) < 4.78 is 0. The van der Waals surface area contributed by atoms with E-state index in [-0.39, 0.29) is 11.8 Å². The maximum atomic E-state index is 12.3. The maximum Gasteiger partial charge on any atom is 0.251 e. The summed E-state index contributed by atoms with van der Waals surface area (Å²) in [6, 6.07) is 17.1. The third-order valence-corrected chi connectivity index (χ3v) is 5.30. The summed E-state index contributed by atoms with van der Waals surface area (Å²) in [5, 5.41) is 5.91. The van der Waals surface area contributed by atoms with E-state index in [9.17, 15) is 9.59 Å². The number of amides is 2. The van der Waals surface area contributed by atoms with Gasteiger partial charge in [0.2, 0.25) is 0 Å². The van der Waals surface area contributed by atoms with E-state index in [1.165, 1.54) is 30.4 Å². The summed E-state index contributed by atoms with van der Waals surface area (Å²) in [6.45, 7) is 1.29. The molecular formula is C25H30N2O2. The van der Waals surface area contributed by atoms with E-state index < -0.39 is 0 Å². The molecule has 152 valence electrons. The van der Waals surface area contributed by atoms with Crippen molar-refractivity contribution >= 4 is 11.8 Å². The first-order chi connectivity index (χ1) is 14.2. The molecular weight excluding hydrogens is 360 g/mol. The second-order valence-corrected chi connectivity index (χ2v) is 7.54. The predicted molar refractivity (Wildman–Crippen MR) is 117 cm³/mol. The number of allylic oxidation sites excluding steroid dienone is 1. The Balaban J connectivity index is 1.38. The molecule has 2 aromatic rings. The molecule has 0 bridgehead atoms. The molecule has 4 nitrogen and oxygen atoms in total. The Kier molecular flexibility index (Phi) is 8.05. The van der Waals surface area contributed by atoms with Crippen molar-refractivity contribution in [3.8, 4) is 0 Å². The van der Waals surface area contributed by atoms with Crippen LogP contribution in [0.15, 0.2) is 66.2 Å². The highest BCUT2D eigenvalue weighted by atomic mass is 16.2. The van der Waals surface area contributed by atoms with Crippen LogP contribution in [0.2, 0.25) is 0 Å². The van der Waals surface area contributed by atoms with Gasteiger partial charge in [-0.2, -0.15) is 0 Å². The van der Waals surface area contributed by atoms with E-state index in [4.69, 9.17) is 0 Å². The minimum Gasteiger partial charge on any atom is -0.352 e. The van der Waals surface area contributed by atoms with Crippen LogP contribution in [0.3, 0.4) is 0 Å². The lowest BCUT2D eigenvalue weighted by atomic mass is 9.97. The quantitative estimate of drug-likeness (QED) is 0.483. The van der Waals surface area contributed by atoms with Gasteiger partial charge in [0.1, 0.15) is 0 Å². The summed E-state index contributed by atoms with van der Waals surface area (Å²) in [6.07, 6.45) is 9.93. The molecule has 0 radical (unpaired) electrons. The second kappa shape index (κ2) is 11.2. The number of nitrogens with one attached hydrogen (secondary N) is 2. The minimum atomic E-state index is -0.103. The number of rotatable bonds is 9. The Morgan fingerprint density at radius 1 is 0.759 bits per heavy atom. The molecule has 1 aliphatic carbocycles. The molecule has 0 saturated heterocycles. The van der Waals surface area contributed by atoms with E-state index in [0.717, 1.165) is 25.7 Å². The summed E-state index contributed by atoms with van der Waals surface area (Å²) >= 11 is 0. The molecule has 2 N–H and O–H groups in total. The number of benzene rings is 2. The molecule has 0 aromatic heterocycles. The summed E-state index contributed by atoms with van der Waals surface area (Å²) in [4.78, 5) is 24.5. The van der Waals surface area contributed by atoms with Crippen molar-refractivity contribution in [3.63, 3.8) is 0 Å². The van der Waals surface area contributed by atoms with Crippen LogP contribution in [-0.4, -0.2) is 24.9 Å². The van der Waals surface area contributed by atoms with Gasteiger partial charge < -0.3 is 10.6 Å². The number of aryl methyl sites for hydroxylation is 1. The van der Waals surface area contributed by atoms with Crippen LogP contribution < -0.4 is 10.6 Å². The average Bonchev–Trinajstić information content (AvgIpc) is 2.78. The molecule has 0 spiro atoms. The van der Waals surface area contributed by atoms with Crippen LogP contribution in [0.25, 0.3) is 0 Å². The van der Waals surface area contributed by atoms with Gasteiger partial charge in [-0.25, -0.2) is 0 Å². The number of hydrogen-bond donors (Lipinski definition) is 2. The van der Waals surface area contributed by atoms with E-state index in [1.807, 2.05) is 18.2 Å². The second-order valence-electron chi connectivity index (χ2n) is 7.54. The Labute approximate surface area is 173 Å². The number of hydrogen-bond acceptors (Lipinski definition) is 2. The Morgan fingerprint density at radius 2 is 1.41 bits per heavy atom. The van der Waals surface area contributed by atoms with Crippen LogP contribution in [0, 0.1) is 0 Å². The molecule has 2 amide bonds. The van der Waals surface area contributed by atoms with E-state index >= 15 is 0 Å². The lowest BCUT2D eigenvalue weighted by Gasteiger charge is -2.13. The molecule has 4 heteroatoms. The third kappa shape index (κ3) is 6.90.